The lowest BCUT2D eigenvalue weighted by Crippen LogP contribution is -2.40. The quantitative estimate of drug-likeness (QED) is 0.844. The number of rotatable bonds is 5. The van der Waals surface area contributed by atoms with Crippen molar-refractivity contribution in [1.82, 2.24) is 5.32 Å². The predicted molar refractivity (Wildman–Crippen MR) is 97.4 cm³/mol. The van der Waals surface area contributed by atoms with Gasteiger partial charge in [-0.15, -0.1) is 0 Å². The first kappa shape index (κ1) is 17.7. The van der Waals surface area contributed by atoms with Crippen LogP contribution in [-0.4, -0.2) is 20.0 Å². The van der Waals surface area contributed by atoms with Crippen LogP contribution in [0, 0.1) is 5.82 Å². The molecule has 0 radical (unpaired) electrons. The minimum Gasteiger partial charge on any atom is -0.378 e. The van der Waals surface area contributed by atoms with E-state index in [4.69, 9.17) is 0 Å². The molecule has 2 aromatic carbocycles. The molecule has 24 heavy (non-hydrogen) atoms. The number of halogens is 1. The van der Waals surface area contributed by atoms with Gasteiger partial charge in [0.1, 0.15) is 5.82 Å². The Morgan fingerprint density at radius 2 is 1.71 bits per heavy atom. The van der Waals surface area contributed by atoms with Crippen LogP contribution in [0.4, 0.5) is 10.1 Å². The Labute approximate surface area is 142 Å². The van der Waals surface area contributed by atoms with Gasteiger partial charge in [-0.2, -0.15) is 0 Å². The zero-order valence-electron chi connectivity index (χ0n) is 14.5. The van der Waals surface area contributed by atoms with E-state index in [1.807, 2.05) is 43.3 Å². The number of amides is 1. The molecule has 1 N–H and O–H groups in total. The highest BCUT2D eigenvalue weighted by molar-refractivity contribution is 5.92. The monoisotopic (exact) mass is 326 g/mol. The normalized spacial score (nSPS) is 11.5. The van der Waals surface area contributed by atoms with Gasteiger partial charge in [0.2, 0.25) is 5.91 Å². The molecule has 0 fully saturated rings. The zero-order chi connectivity index (χ0) is 17.7. The summed E-state index contributed by atoms with van der Waals surface area (Å²) in [6, 6.07) is 14.3. The summed E-state index contributed by atoms with van der Waals surface area (Å²) in [5.41, 5.74) is 1.69. The molecule has 0 unspecified atom stereocenters. The third-order valence-corrected chi connectivity index (χ3v) is 3.82. The first-order valence-corrected chi connectivity index (χ1v) is 7.82. The highest BCUT2D eigenvalue weighted by atomic mass is 19.1. The number of anilines is 1. The Balaban J connectivity index is 2.05. The molecule has 4 heteroatoms. The molecule has 126 valence electrons. The molecule has 0 atom stereocenters. The summed E-state index contributed by atoms with van der Waals surface area (Å²) in [4.78, 5) is 14.2. The SMILES string of the molecule is CN(C)c1ccc(/C=C/C(=O)NC(C)(C)c2ccccc2F)cc1. The van der Waals surface area contributed by atoms with Crippen molar-refractivity contribution in [1.29, 1.82) is 0 Å². The predicted octanol–water partition coefficient (Wildman–Crippen LogP) is 3.96. The molecular weight excluding hydrogens is 303 g/mol. The number of hydrogen-bond acceptors (Lipinski definition) is 2. The first-order chi connectivity index (χ1) is 11.3. The Hall–Kier alpha value is -2.62. The largest absolute Gasteiger partial charge is 0.378 e. The molecule has 0 saturated carbocycles. The Kier molecular flexibility index (Phi) is 5.39. The smallest absolute Gasteiger partial charge is 0.244 e. The fraction of sp³-hybridized carbons (Fsp3) is 0.250. The number of nitrogens with one attached hydrogen (secondary N) is 1. The molecule has 0 saturated heterocycles. The van der Waals surface area contributed by atoms with Crippen LogP contribution in [0.1, 0.15) is 25.0 Å². The number of benzene rings is 2. The Morgan fingerprint density at radius 1 is 1.08 bits per heavy atom. The van der Waals surface area contributed by atoms with Gasteiger partial charge in [-0.3, -0.25) is 4.79 Å². The van der Waals surface area contributed by atoms with E-state index in [9.17, 15) is 9.18 Å². The van der Waals surface area contributed by atoms with Gasteiger partial charge in [-0.05, 0) is 43.7 Å². The lowest BCUT2D eigenvalue weighted by Gasteiger charge is -2.26. The molecule has 0 aromatic heterocycles. The summed E-state index contributed by atoms with van der Waals surface area (Å²) in [5, 5.41) is 2.84. The van der Waals surface area contributed by atoms with Crippen LogP contribution in [-0.2, 0) is 10.3 Å². The fourth-order valence-corrected chi connectivity index (χ4v) is 2.44. The summed E-state index contributed by atoms with van der Waals surface area (Å²) < 4.78 is 13.9. The summed E-state index contributed by atoms with van der Waals surface area (Å²) in [5.74, 6) is -0.592. The lowest BCUT2D eigenvalue weighted by molar-refractivity contribution is -0.118. The second-order valence-electron chi connectivity index (χ2n) is 6.41. The van der Waals surface area contributed by atoms with Crippen LogP contribution in [0.25, 0.3) is 6.08 Å². The van der Waals surface area contributed by atoms with E-state index >= 15 is 0 Å². The van der Waals surface area contributed by atoms with E-state index in [0.717, 1.165) is 11.3 Å². The molecule has 1 amide bonds. The second-order valence-corrected chi connectivity index (χ2v) is 6.41. The number of carbonyl (C=O) groups is 1. The van der Waals surface area contributed by atoms with E-state index in [2.05, 4.69) is 5.32 Å². The van der Waals surface area contributed by atoms with Crippen molar-refractivity contribution in [3.8, 4) is 0 Å². The minimum atomic E-state index is -0.790. The highest BCUT2D eigenvalue weighted by Gasteiger charge is 2.24. The molecular formula is C20H23FN2O. The maximum atomic E-state index is 13.9. The van der Waals surface area contributed by atoms with Crippen LogP contribution in [0.2, 0.25) is 0 Å². The number of hydrogen-bond donors (Lipinski definition) is 1. The average Bonchev–Trinajstić information content (AvgIpc) is 2.53. The molecule has 2 rings (SSSR count). The van der Waals surface area contributed by atoms with Crippen LogP contribution in [0.15, 0.2) is 54.6 Å². The van der Waals surface area contributed by atoms with Crippen molar-refractivity contribution in [3.63, 3.8) is 0 Å². The van der Waals surface area contributed by atoms with Crippen LogP contribution < -0.4 is 10.2 Å². The lowest BCUT2D eigenvalue weighted by atomic mass is 9.93. The molecule has 0 bridgehead atoms. The third kappa shape index (κ3) is 4.44. The van der Waals surface area contributed by atoms with Crippen molar-refractivity contribution in [2.75, 3.05) is 19.0 Å². The van der Waals surface area contributed by atoms with E-state index in [1.165, 1.54) is 12.1 Å². The topological polar surface area (TPSA) is 32.3 Å². The van der Waals surface area contributed by atoms with Crippen LogP contribution in [0.3, 0.4) is 0 Å². The summed E-state index contributed by atoms with van der Waals surface area (Å²) in [6.07, 6.45) is 3.21. The van der Waals surface area contributed by atoms with E-state index in [1.54, 1.807) is 38.1 Å². The van der Waals surface area contributed by atoms with Gasteiger partial charge in [0, 0.05) is 31.4 Å². The van der Waals surface area contributed by atoms with Crippen LogP contribution in [0.5, 0.6) is 0 Å². The Bertz CT molecular complexity index is 734. The number of carbonyl (C=O) groups excluding carboxylic acids is 1. The molecule has 0 aliphatic rings. The summed E-state index contributed by atoms with van der Waals surface area (Å²) in [7, 11) is 3.95. The van der Waals surface area contributed by atoms with Crippen molar-refractivity contribution in [2.45, 2.75) is 19.4 Å². The zero-order valence-corrected chi connectivity index (χ0v) is 14.5. The molecule has 0 spiro atoms. The second kappa shape index (κ2) is 7.30. The van der Waals surface area contributed by atoms with Crippen LogP contribution >= 0.6 is 0 Å². The molecule has 0 aliphatic carbocycles. The summed E-state index contributed by atoms with van der Waals surface area (Å²) >= 11 is 0. The van der Waals surface area contributed by atoms with Gasteiger partial charge in [0.15, 0.2) is 0 Å². The van der Waals surface area contributed by atoms with Crippen molar-refractivity contribution >= 4 is 17.7 Å². The van der Waals surface area contributed by atoms with Gasteiger partial charge in [-0.1, -0.05) is 30.3 Å². The van der Waals surface area contributed by atoms with Gasteiger partial charge in [-0.25, -0.2) is 4.39 Å². The van der Waals surface area contributed by atoms with Gasteiger partial charge in [0.05, 0.1) is 5.54 Å². The van der Waals surface area contributed by atoms with Gasteiger partial charge >= 0.3 is 0 Å². The van der Waals surface area contributed by atoms with Crippen molar-refractivity contribution in [2.24, 2.45) is 0 Å². The van der Waals surface area contributed by atoms with E-state index < -0.39 is 5.54 Å². The maximum absolute atomic E-state index is 13.9. The van der Waals surface area contributed by atoms with Gasteiger partial charge in [0.25, 0.3) is 0 Å². The van der Waals surface area contributed by atoms with E-state index in [0.29, 0.717) is 5.56 Å². The Morgan fingerprint density at radius 3 is 2.29 bits per heavy atom. The molecule has 2 aromatic rings. The van der Waals surface area contributed by atoms with E-state index in [-0.39, 0.29) is 11.7 Å². The first-order valence-electron chi connectivity index (χ1n) is 7.82. The van der Waals surface area contributed by atoms with Crippen molar-refractivity contribution in [3.05, 3.63) is 71.6 Å². The molecule has 3 nitrogen and oxygen atoms in total. The summed E-state index contributed by atoms with van der Waals surface area (Å²) in [6.45, 7) is 3.56. The minimum absolute atomic E-state index is 0.264. The third-order valence-electron chi connectivity index (χ3n) is 3.82. The average molecular weight is 326 g/mol. The molecule has 0 heterocycles. The fourth-order valence-electron chi connectivity index (χ4n) is 2.44. The standard InChI is InChI=1S/C20H23FN2O/c1-20(2,17-7-5-6-8-18(17)21)22-19(24)14-11-15-9-12-16(13-10-15)23(3)4/h5-14H,1-4H3,(H,22,24)/b14-11+. The van der Waals surface area contributed by atoms with Crippen molar-refractivity contribution < 1.29 is 9.18 Å². The maximum Gasteiger partial charge on any atom is 0.244 e. The molecule has 0 aliphatic heterocycles. The number of nitrogens with zero attached hydrogens (tertiary/aromatic N) is 1. The van der Waals surface area contributed by atoms with Gasteiger partial charge < -0.3 is 10.2 Å². The highest BCUT2D eigenvalue weighted by Crippen LogP contribution is 2.22.